The Morgan fingerprint density at radius 3 is 2.19 bits per heavy atom. The molecule has 0 heterocycles. The van der Waals surface area contributed by atoms with E-state index in [0.717, 1.165) is 16.7 Å². The van der Waals surface area contributed by atoms with E-state index >= 15 is 0 Å². The minimum Gasteiger partial charge on any atom is -0.478 e. The first-order valence-corrected chi connectivity index (χ1v) is 9.69. The number of rotatable bonds is 3. The van der Waals surface area contributed by atoms with Crippen molar-refractivity contribution in [2.75, 3.05) is 0 Å². The van der Waals surface area contributed by atoms with E-state index in [1.54, 1.807) is 0 Å². The molecular formula is C25H30O2. The van der Waals surface area contributed by atoms with Crippen LogP contribution in [0.3, 0.4) is 0 Å². The molecule has 0 aromatic heterocycles. The number of benzene rings is 2. The van der Waals surface area contributed by atoms with Crippen molar-refractivity contribution in [2.24, 2.45) is 0 Å². The summed E-state index contributed by atoms with van der Waals surface area (Å²) >= 11 is 0. The predicted molar refractivity (Wildman–Crippen MR) is 113 cm³/mol. The van der Waals surface area contributed by atoms with Crippen LogP contribution in [0.5, 0.6) is 0 Å². The molecule has 0 fully saturated rings. The maximum atomic E-state index is 11.0. The molecule has 2 aromatic rings. The molecule has 27 heavy (non-hydrogen) atoms. The normalized spacial score (nSPS) is 18.1. The zero-order valence-corrected chi connectivity index (χ0v) is 17.3. The molecule has 1 aliphatic carbocycles. The first kappa shape index (κ1) is 19.4. The average molecular weight is 363 g/mol. The first-order chi connectivity index (χ1) is 12.5. The fourth-order valence-corrected chi connectivity index (χ4v) is 4.23. The fraction of sp³-hybridized carbons (Fsp3) is 0.400. The smallest absolute Gasteiger partial charge is 0.328 e. The largest absolute Gasteiger partial charge is 0.478 e. The zero-order chi connectivity index (χ0) is 20.0. The van der Waals surface area contributed by atoms with Crippen molar-refractivity contribution in [3.05, 3.63) is 64.7 Å². The number of aryl methyl sites for hydroxylation is 1. The van der Waals surface area contributed by atoms with E-state index in [0.29, 0.717) is 0 Å². The second-order valence-corrected chi connectivity index (χ2v) is 9.23. The number of hydrogen-bond acceptors (Lipinski definition) is 1. The lowest BCUT2D eigenvalue weighted by molar-refractivity contribution is -0.131. The molecule has 1 aliphatic rings. The minimum atomic E-state index is -0.910. The van der Waals surface area contributed by atoms with E-state index in [1.165, 1.54) is 41.2 Å². The number of allylic oxidation sites excluding steroid dienone is 1. The average Bonchev–Trinajstić information content (AvgIpc) is 2.58. The van der Waals surface area contributed by atoms with Gasteiger partial charge in [0.05, 0.1) is 0 Å². The molecule has 2 nitrogen and oxygen atoms in total. The van der Waals surface area contributed by atoms with Gasteiger partial charge in [-0.2, -0.15) is 0 Å². The molecule has 0 saturated heterocycles. The van der Waals surface area contributed by atoms with Crippen LogP contribution < -0.4 is 0 Å². The molecule has 0 spiro atoms. The summed E-state index contributed by atoms with van der Waals surface area (Å²) in [4.78, 5) is 11.0. The van der Waals surface area contributed by atoms with Gasteiger partial charge in [-0.1, -0.05) is 58.0 Å². The fourth-order valence-electron chi connectivity index (χ4n) is 4.23. The second-order valence-electron chi connectivity index (χ2n) is 9.23. The van der Waals surface area contributed by atoms with Crippen LogP contribution in [0.4, 0.5) is 0 Å². The lowest BCUT2D eigenvalue weighted by Gasteiger charge is -2.42. The molecule has 2 heteroatoms. The van der Waals surface area contributed by atoms with Crippen LogP contribution in [0.15, 0.2) is 42.5 Å². The summed E-state index contributed by atoms with van der Waals surface area (Å²) in [5.41, 5.74) is 8.67. The van der Waals surface area contributed by atoms with Crippen LogP contribution in [-0.4, -0.2) is 11.1 Å². The molecule has 142 valence electrons. The lowest BCUT2D eigenvalue weighted by atomic mass is 9.62. The van der Waals surface area contributed by atoms with E-state index in [-0.39, 0.29) is 10.8 Å². The molecule has 0 unspecified atom stereocenters. The van der Waals surface area contributed by atoms with Crippen molar-refractivity contribution in [3.63, 3.8) is 0 Å². The Bertz CT molecular complexity index is 929. The lowest BCUT2D eigenvalue weighted by Crippen LogP contribution is -2.34. The molecular weight excluding hydrogens is 332 g/mol. The molecule has 0 atom stereocenters. The SMILES string of the molecule is CC(=CC(=O)O)c1cccc(-c2cc3c(cc2C)C(C)(C)CCC3(C)C)c1. The summed E-state index contributed by atoms with van der Waals surface area (Å²) in [6.07, 6.45) is 3.67. The van der Waals surface area contributed by atoms with Crippen LogP contribution in [0, 0.1) is 6.92 Å². The Hall–Kier alpha value is -2.35. The Kier molecular flexibility index (Phi) is 4.80. The second kappa shape index (κ2) is 6.67. The Labute approximate surface area is 162 Å². The van der Waals surface area contributed by atoms with Crippen molar-refractivity contribution in [1.82, 2.24) is 0 Å². The summed E-state index contributed by atoms with van der Waals surface area (Å²) in [6, 6.07) is 13.0. The number of carboxylic acids is 1. The standard InChI is InChI=1S/C25H30O2/c1-16(13-23(26)27)18-8-7-9-19(14-18)20-15-22-21(12-17(20)2)24(3,4)10-11-25(22,5)6/h7-9,12-15H,10-11H2,1-6H3,(H,26,27). The van der Waals surface area contributed by atoms with Crippen LogP contribution in [-0.2, 0) is 15.6 Å². The van der Waals surface area contributed by atoms with Gasteiger partial charge in [-0.25, -0.2) is 4.79 Å². The third kappa shape index (κ3) is 3.71. The van der Waals surface area contributed by atoms with E-state index in [9.17, 15) is 4.79 Å². The van der Waals surface area contributed by atoms with Crippen LogP contribution >= 0.6 is 0 Å². The van der Waals surface area contributed by atoms with Gasteiger partial charge in [0.1, 0.15) is 0 Å². The molecule has 3 rings (SSSR count). The molecule has 0 saturated carbocycles. The Morgan fingerprint density at radius 2 is 1.59 bits per heavy atom. The summed E-state index contributed by atoms with van der Waals surface area (Å²) < 4.78 is 0. The third-order valence-electron chi connectivity index (χ3n) is 6.17. The van der Waals surface area contributed by atoms with Gasteiger partial charge >= 0.3 is 5.97 Å². The van der Waals surface area contributed by atoms with Crippen molar-refractivity contribution in [1.29, 1.82) is 0 Å². The van der Waals surface area contributed by atoms with Gasteiger partial charge < -0.3 is 5.11 Å². The number of hydrogen-bond donors (Lipinski definition) is 1. The molecule has 2 aromatic carbocycles. The first-order valence-electron chi connectivity index (χ1n) is 9.69. The van der Waals surface area contributed by atoms with Gasteiger partial charge in [0, 0.05) is 6.08 Å². The van der Waals surface area contributed by atoms with E-state index in [2.05, 4.69) is 58.9 Å². The third-order valence-corrected chi connectivity index (χ3v) is 6.17. The summed E-state index contributed by atoms with van der Waals surface area (Å²) in [5, 5.41) is 9.04. The van der Waals surface area contributed by atoms with E-state index in [1.807, 2.05) is 19.1 Å². The van der Waals surface area contributed by atoms with Crippen LogP contribution in [0.2, 0.25) is 0 Å². The minimum absolute atomic E-state index is 0.171. The summed E-state index contributed by atoms with van der Waals surface area (Å²) in [5.74, 6) is -0.910. The van der Waals surface area contributed by atoms with Crippen molar-refractivity contribution in [3.8, 4) is 11.1 Å². The van der Waals surface area contributed by atoms with Crippen molar-refractivity contribution < 1.29 is 9.90 Å². The maximum absolute atomic E-state index is 11.0. The van der Waals surface area contributed by atoms with Gasteiger partial charge in [-0.3, -0.25) is 0 Å². The Balaban J connectivity index is 2.16. The summed E-state index contributed by atoms with van der Waals surface area (Å²) in [6.45, 7) is 13.4. The maximum Gasteiger partial charge on any atom is 0.328 e. The van der Waals surface area contributed by atoms with Crippen LogP contribution in [0.25, 0.3) is 16.7 Å². The number of carbonyl (C=O) groups is 1. The molecule has 0 aliphatic heterocycles. The van der Waals surface area contributed by atoms with Crippen LogP contribution in [0.1, 0.15) is 69.7 Å². The topological polar surface area (TPSA) is 37.3 Å². The highest BCUT2D eigenvalue weighted by atomic mass is 16.4. The monoisotopic (exact) mass is 362 g/mol. The molecule has 0 amide bonds. The number of aliphatic carboxylic acids is 1. The van der Waals surface area contributed by atoms with E-state index < -0.39 is 5.97 Å². The van der Waals surface area contributed by atoms with Gasteiger partial charge in [0.2, 0.25) is 0 Å². The van der Waals surface area contributed by atoms with Gasteiger partial charge in [-0.05, 0) is 82.5 Å². The molecule has 0 bridgehead atoms. The predicted octanol–water partition coefficient (Wildman–Crippen LogP) is 6.50. The molecule has 1 N–H and O–H groups in total. The quantitative estimate of drug-likeness (QED) is 0.633. The van der Waals surface area contributed by atoms with E-state index in [4.69, 9.17) is 5.11 Å². The Morgan fingerprint density at radius 1 is 1.00 bits per heavy atom. The summed E-state index contributed by atoms with van der Waals surface area (Å²) in [7, 11) is 0. The van der Waals surface area contributed by atoms with Gasteiger partial charge in [-0.15, -0.1) is 0 Å². The van der Waals surface area contributed by atoms with Gasteiger partial charge in [0.25, 0.3) is 0 Å². The highest BCUT2D eigenvalue weighted by Gasteiger charge is 2.37. The number of carboxylic acid groups (broad SMARTS) is 1. The van der Waals surface area contributed by atoms with Gasteiger partial charge in [0.15, 0.2) is 0 Å². The van der Waals surface area contributed by atoms with Crippen molar-refractivity contribution in [2.45, 2.75) is 65.2 Å². The highest BCUT2D eigenvalue weighted by molar-refractivity contribution is 5.90. The zero-order valence-electron chi connectivity index (χ0n) is 17.3. The van der Waals surface area contributed by atoms with Crippen molar-refractivity contribution >= 4 is 11.5 Å². The highest BCUT2D eigenvalue weighted by Crippen LogP contribution is 2.47. The molecule has 0 radical (unpaired) electrons. The number of fused-ring (bicyclic) bond motifs is 1.